The second-order valence-corrected chi connectivity index (χ2v) is 12.4. The molecule has 10 nitrogen and oxygen atoms in total. The Bertz CT molecular complexity index is 1470. The van der Waals surface area contributed by atoms with Gasteiger partial charge in [-0.1, -0.05) is 0 Å². The highest BCUT2D eigenvalue weighted by Gasteiger charge is 2.40. The SMILES string of the molecule is Cc1oc(C)c(-c2csc(N(C(=O)C(CC(=O)O)CC3CCOCC3)C3CC3)n2)c1-c1ccc(N2CCCC2=O)nc1. The molecule has 0 aromatic carbocycles. The molecule has 2 amide bonds. The summed E-state index contributed by atoms with van der Waals surface area (Å²) in [6, 6.07) is 3.86. The number of hydrogen-bond acceptors (Lipinski definition) is 8. The number of carbonyl (C=O) groups is 3. The van der Waals surface area contributed by atoms with Crippen LogP contribution in [0, 0.1) is 25.7 Å². The minimum atomic E-state index is -0.959. The highest BCUT2D eigenvalue weighted by molar-refractivity contribution is 7.14. The average Bonchev–Trinajstić information content (AvgIpc) is 3.38. The van der Waals surface area contributed by atoms with E-state index in [2.05, 4.69) is 4.98 Å². The van der Waals surface area contributed by atoms with Crippen LogP contribution in [0.15, 0.2) is 28.1 Å². The maximum atomic E-state index is 13.9. The monoisotopic (exact) mass is 592 g/mol. The van der Waals surface area contributed by atoms with Crippen LogP contribution in [0.3, 0.4) is 0 Å². The number of thiazole rings is 1. The molecule has 2 saturated heterocycles. The predicted molar refractivity (Wildman–Crippen MR) is 159 cm³/mol. The molecule has 222 valence electrons. The molecule has 1 saturated carbocycles. The van der Waals surface area contributed by atoms with Crippen molar-refractivity contribution in [2.24, 2.45) is 11.8 Å². The Morgan fingerprint density at radius 3 is 2.55 bits per heavy atom. The van der Waals surface area contributed by atoms with Crippen molar-refractivity contribution in [3.63, 3.8) is 0 Å². The number of carbonyl (C=O) groups excluding carboxylic acids is 2. The molecule has 3 aliphatic rings. The van der Waals surface area contributed by atoms with Gasteiger partial charge >= 0.3 is 5.97 Å². The molecule has 0 radical (unpaired) electrons. The summed E-state index contributed by atoms with van der Waals surface area (Å²) < 4.78 is 11.5. The fourth-order valence-electron chi connectivity index (χ4n) is 6.24. The molecule has 0 bridgehead atoms. The van der Waals surface area contributed by atoms with Crippen LogP contribution in [0.4, 0.5) is 10.9 Å². The molecule has 11 heteroatoms. The summed E-state index contributed by atoms with van der Waals surface area (Å²) in [5.41, 5.74) is 3.28. The smallest absolute Gasteiger partial charge is 0.304 e. The molecule has 3 aromatic heterocycles. The molecule has 5 heterocycles. The van der Waals surface area contributed by atoms with Crippen LogP contribution in [0.5, 0.6) is 0 Å². The van der Waals surface area contributed by atoms with E-state index in [9.17, 15) is 19.5 Å². The minimum absolute atomic E-state index is 0.0409. The van der Waals surface area contributed by atoms with Crippen LogP contribution in [-0.4, -0.2) is 58.7 Å². The van der Waals surface area contributed by atoms with Crippen molar-refractivity contribution >= 4 is 40.1 Å². The Morgan fingerprint density at radius 2 is 1.90 bits per heavy atom. The van der Waals surface area contributed by atoms with Gasteiger partial charge in [-0.05, 0) is 70.4 Å². The zero-order chi connectivity index (χ0) is 29.4. The molecule has 42 heavy (non-hydrogen) atoms. The van der Waals surface area contributed by atoms with E-state index in [1.54, 1.807) is 16.0 Å². The van der Waals surface area contributed by atoms with Crippen molar-refractivity contribution in [3.05, 3.63) is 35.2 Å². The van der Waals surface area contributed by atoms with Gasteiger partial charge in [-0.25, -0.2) is 9.97 Å². The van der Waals surface area contributed by atoms with Crippen molar-refractivity contribution in [1.29, 1.82) is 0 Å². The number of anilines is 2. The Balaban J connectivity index is 1.28. The zero-order valence-electron chi connectivity index (χ0n) is 24.0. The Labute approximate surface area is 248 Å². The lowest BCUT2D eigenvalue weighted by molar-refractivity contribution is -0.141. The summed E-state index contributed by atoms with van der Waals surface area (Å²) in [5.74, 6) is 0.758. The molecule has 0 spiro atoms. The maximum absolute atomic E-state index is 13.9. The number of nitrogens with zero attached hydrogens (tertiary/aromatic N) is 4. The molecular weight excluding hydrogens is 556 g/mol. The second kappa shape index (κ2) is 12.0. The van der Waals surface area contributed by atoms with Gasteiger partial charge in [-0.2, -0.15) is 0 Å². The fourth-order valence-corrected chi connectivity index (χ4v) is 7.13. The number of hydrogen-bond donors (Lipinski definition) is 1. The van der Waals surface area contributed by atoms with Crippen molar-refractivity contribution < 1.29 is 28.6 Å². The third-order valence-corrected chi connectivity index (χ3v) is 9.32. The minimum Gasteiger partial charge on any atom is -0.481 e. The average molecular weight is 593 g/mol. The van der Waals surface area contributed by atoms with Gasteiger partial charge in [0, 0.05) is 60.8 Å². The standard InChI is InChI=1S/C31H36N4O6S/c1-18-28(21-5-8-25(32-16-21)34-11-3-4-26(34)36)29(19(2)41-18)24-17-42-31(33-24)35(23-6-7-23)30(39)22(15-27(37)38)14-20-9-12-40-13-10-20/h5,8,16-17,20,22-23H,3-4,6-7,9-15H2,1-2H3,(H,37,38). The van der Waals surface area contributed by atoms with Crippen LogP contribution in [0.25, 0.3) is 22.4 Å². The van der Waals surface area contributed by atoms with Gasteiger partial charge in [0.1, 0.15) is 17.3 Å². The quantitative estimate of drug-likeness (QED) is 0.322. The normalized spacial score (nSPS) is 18.4. The third kappa shape index (κ3) is 5.85. The Morgan fingerprint density at radius 1 is 1.14 bits per heavy atom. The van der Waals surface area contributed by atoms with Crippen LogP contribution in [0.2, 0.25) is 0 Å². The number of aromatic nitrogens is 2. The van der Waals surface area contributed by atoms with E-state index in [4.69, 9.17) is 14.1 Å². The predicted octanol–water partition coefficient (Wildman–Crippen LogP) is 5.61. The zero-order valence-corrected chi connectivity index (χ0v) is 24.8. The van der Waals surface area contributed by atoms with E-state index in [0.29, 0.717) is 55.0 Å². The fraction of sp³-hybridized carbons (Fsp3) is 0.516. The number of carboxylic acid groups (broad SMARTS) is 1. The van der Waals surface area contributed by atoms with Gasteiger partial charge in [0.05, 0.1) is 17.7 Å². The molecule has 1 atom stereocenters. The lowest BCUT2D eigenvalue weighted by atomic mass is 9.86. The summed E-state index contributed by atoms with van der Waals surface area (Å²) in [6.07, 6.45) is 6.97. The van der Waals surface area contributed by atoms with Crippen molar-refractivity contribution in [1.82, 2.24) is 9.97 Å². The van der Waals surface area contributed by atoms with Gasteiger partial charge in [0.15, 0.2) is 5.13 Å². The van der Waals surface area contributed by atoms with E-state index in [1.807, 2.05) is 31.4 Å². The molecule has 2 aliphatic heterocycles. The molecular formula is C31H36N4O6S. The van der Waals surface area contributed by atoms with E-state index >= 15 is 0 Å². The summed E-state index contributed by atoms with van der Waals surface area (Å²) in [4.78, 5) is 50.9. The largest absolute Gasteiger partial charge is 0.481 e. The van der Waals surface area contributed by atoms with Gasteiger partial charge < -0.3 is 14.3 Å². The first-order valence-corrected chi connectivity index (χ1v) is 15.6. The molecule has 6 rings (SSSR count). The third-order valence-electron chi connectivity index (χ3n) is 8.48. The van der Waals surface area contributed by atoms with E-state index in [-0.39, 0.29) is 30.2 Å². The number of ether oxygens (including phenoxy) is 1. The number of aryl methyl sites for hydroxylation is 2. The Kier molecular flexibility index (Phi) is 8.13. The first-order valence-electron chi connectivity index (χ1n) is 14.8. The van der Waals surface area contributed by atoms with Gasteiger partial charge in [0.25, 0.3) is 0 Å². The van der Waals surface area contributed by atoms with E-state index in [0.717, 1.165) is 54.6 Å². The van der Waals surface area contributed by atoms with Crippen molar-refractivity contribution in [3.8, 4) is 22.4 Å². The number of pyridine rings is 1. The molecule has 3 aromatic rings. The number of carboxylic acids is 1. The number of amides is 2. The highest BCUT2D eigenvalue weighted by Crippen LogP contribution is 2.43. The van der Waals surface area contributed by atoms with E-state index < -0.39 is 11.9 Å². The first kappa shape index (κ1) is 28.5. The Hall–Kier alpha value is -3.57. The summed E-state index contributed by atoms with van der Waals surface area (Å²) >= 11 is 1.40. The van der Waals surface area contributed by atoms with Gasteiger partial charge in [-0.15, -0.1) is 11.3 Å². The number of aliphatic carboxylic acids is 1. The van der Waals surface area contributed by atoms with Crippen LogP contribution in [-0.2, 0) is 19.1 Å². The van der Waals surface area contributed by atoms with Crippen LogP contribution >= 0.6 is 11.3 Å². The number of rotatable bonds is 10. The lowest BCUT2D eigenvalue weighted by Crippen LogP contribution is -2.40. The summed E-state index contributed by atoms with van der Waals surface area (Å²) in [6.45, 7) is 5.79. The molecule has 1 aliphatic carbocycles. The summed E-state index contributed by atoms with van der Waals surface area (Å²) in [5, 5.41) is 12.2. The van der Waals surface area contributed by atoms with Gasteiger partial charge in [-0.3, -0.25) is 24.2 Å². The maximum Gasteiger partial charge on any atom is 0.304 e. The van der Waals surface area contributed by atoms with Crippen molar-refractivity contribution in [2.75, 3.05) is 29.6 Å². The second-order valence-electron chi connectivity index (χ2n) is 11.6. The molecule has 1 N–H and O–H groups in total. The van der Waals surface area contributed by atoms with Crippen LogP contribution < -0.4 is 9.80 Å². The lowest BCUT2D eigenvalue weighted by Gasteiger charge is -2.29. The highest BCUT2D eigenvalue weighted by atomic mass is 32.1. The molecule has 1 unspecified atom stereocenters. The first-order chi connectivity index (χ1) is 20.3. The van der Waals surface area contributed by atoms with Crippen LogP contribution in [0.1, 0.15) is 62.9 Å². The van der Waals surface area contributed by atoms with Crippen molar-refractivity contribution in [2.45, 2.75) is 71.3 Å². The van der Waals surface area contributed by atoms with E-state index in [1.165, 1.54) is 11.3 Å². The number of furan rings is 1. The molecule has 3 fully saturated rings. The summed E-state index contributed by atoms with van der Waals surface area (Å²) in [7, 11) is 0. The van der Waals surface area contributed by atoms with Gasteiger partial charge in [0.2, 0.25) is 11.8 Å². The topological polar surface area (TPSA) is 126 Å².